The van der Waals surface area contributed by atoms with Gasteiger partial charge in [-0.3, -0.25) is 10.1 Å². The lowest BCUT2D eigenvalue weighted by atomic mass is 9.98. The summed E-state index contributed by atoms with van der Waals surface area (Å²) >= 11 is 1.33. The van der Waals surface area contributed by atoms with Gasteiger partial charge in [-0.15, -0.1) is 11.3 Å². The summed E-state index contributed by atoms with van der Waals surface area (Å²) in [5.74, 6) is 0.696. The molecule has 5 aromatic rings. The molecular formula is C26H19N5O4S. The minimum atomic E-state index is -0.464. The molecule has 5 rings (SSSR count). The lowest BCUT2D eigenvalue weighted by molar-refractivity contribution is -0.384. The third-order valence-corrected chi connectivity index (χ3v) is 6.54. The molecule has 3 heterocycles. The first-order valence-electron chi connectivity index (χ1n) is 11.2. The van der Waals surface area contributed by atoms with Crippen LogP contribution in [-0.4, -0.2) is 33.1 Å². The quantitative estimate of drug-likeness (QED) is 0.194. The third kappa shape index (κ3) is 3.85. The van der Waals surface area contributed by atoms with Crippen molar-refractivity contribution in [3.8, 4) is 40.3 Å². The van der Waals surface area contributed by atoms with Crippen molar-refractivity contribution < 1.29 is 14.4 Å². The Hall–Kier alpha value is -4.62. The molecule has 0 aliphatic carbocycles. The second-order valence-electron chi connectivity index (χ2n) is 7.60. The smallest absolute Gasteiger partial charge is 0.280 e. The number of benzene rings is 2. The van der Waals surface area contributed by atoms with Gasteiger partial charge in [-0.25, -0.2) is 9.97 Å². The van der Waals surface area contributed by atoms with E-state index in [1.54, 1.807) is 18.2 Å². The third-order valence-electron chi connectivity index (χ3n) is 5.48. The van der Waals surface area contributed by atoms with Gasteiger partial charge < -0.3 is 9.47 Å². The molecule has 0 saturated carbocycles. The van der Waals surface area contributed by atoms with Gasteiger partial charge in [0, 0.05) is 17.0 Å². The summed E-state index contributed by atoms with van der Waals surface area (Å²) in [5.41, 5.74) is 2.38. The Morgan fingerprint density at radius 3 is 2.36 bits per heavy atom. The first-order valence-corrected chi connectivity index (χ1v) is 12.0. The second kappa shape index (κ2) is 9.56. The first kappa shape index (κ1) is 23.1. The first-order chi connectivity index (χ1) is 17.6. The van der Waals surface area contributed by atoms with E-state index in [4.69, 9.17) is 14.5 Å². The number of para-hydroxylation sites is 1. The van der Waals surface area contributed by atoms with Gasteiger partial charge in [0.25, 0.3) is 5.69 Å². The average Bonchev–Trinajstić information content (AvgIpc) is 3.27. The van der Waals surface area contributed by atoms with Crippen molar-refractivity contribution in [2.75, 3.05) is 13.2 Å². The highest BCUT2D eigenvalue weighted by atomic mass is 32.1. The maximum Gasteiger partial charge on any atom is 0.280 e. The monoisotopic (exact) mass is 497 g/mol. The molecule has 178 valence electrons. The number of fused-ring (bicyclic) bond motifs is 3. The van der Waals surface area contributed by atoms with E-state index in [2.05, 4.69) is 16.0 Å². The molecule has 0 fully saturated rings. The van der Waals surface area contributed by atoms with Gasteiger partial charge in [-0.1, -0.05) is 42.5 Å². The second-order valence-corrected chi connectivity index (χ2v) is 8.60. The van der Waals surface area contributed by atoms with E-state index in [1.807, 2.05) is 44.2 Å². The number of pyridine rings is 1. The molecule has 0 N–H and O–H groups in total. The van der Waals surface area contributed by atoms with E-state index < -0.39 is 4.92 Å². The Morgan fingerprint density at radius 2 is 1.67 bits per heavy atom. The number of hydrogen-bond donors (Lipinski definition) is 0. The van der Waals surface area contributed by atoms with Crippen LogP contribution in [0.4, 0.5) is 5.69 Å². The zero-order chi connectivity index (χ0) is 25.2. The van der Waals surface area contributed by atoms with Crippen LogP contribution in [0.3, 0.4) is 0 Å². The van der Waals surface area contributed by atoms with Gasteiger partial charge in [-0.2, -0.15) is 10.2 Å². The van der Waals surface area contributed by atoms with Crippen LogP contribution >= 0.6 is 11.3 Å². The van der Waals surface area contributed by atoms with Gasteiger partial charge in [0.2, 0.25) is 11.8 Å². The summed E-state index contributed by atoms with van der Waals surface area (Å²) in [4.78, 5) is 25.8. The van der Waals surface area contributed by atoms with Crippen LogP contribution in [0.25, 0.3) is 42.9 Å². The molecule has 0 atom stereocenters. The minimum Gasteiger partial charge on any atom is -0.477 e. The predicted octanol–water partition coefficient (Wildman–Crippen LogP) is 6.15. The van der Waals surface area contributed by atoms with Gasteiger partial charge in [0.1, 0.15) is 21.2 Å². The van der Waals surface area contributed by atoms with Crippen molar-refractivity contribution in [1.82, 2.24) is 15.0 Å². The van der Waals surface area contributed by atoms with E-state index in [9.17, 15) is 15.4 Å². The van der Waals surface area contributed by atoms with Crippen molar-refractivity contribution in [3.63, 3.8) is 0 Å². The summed E-state index contributed by atoms with van der Waals surface area (Å²) in [6, 6.07) is 18.0. The molecular weight excluding hydrogens is 478 g/mol. The van der Waals surface area contributed by atoms with Crippen molar-refractivity contribution >= 4 is 37.5 Å². The van der Waals surface area contributed by atoms with Crippen LogP contribution in [0.1, 0.15) is 19.4 Å². The highest BCUT2D eigenvalue weighted by Crippen LogP contribution is 2.45. The zero-order valence-corrected chi connectivity index (χ0v) is 20.2. The molecule has 0 aliphatic heterocycles. The highest BCUT2D eigenvalue weighted by molar-refractivity contribution is 7.25. The van der Waals surface area contributed by atoms with Crippen molar-refractivity contribution in [1.29, 1.82) is 5.26 Å². The SMILES string of the molecule is CCOc1nc2sc3c(OCC)nc(-c4ccccc4[N+](=O)[O-])nc3c2c(-c2ccccc2)c1C#N. The Morgan fingerprint density at radius 1 is 0.972 bits per heavy atom. The number of aromatic nitrogens is 3. The zero-order valence-electron chi connectivity index (χ0n) is 19.4. The topological polar surface area (TPSA) is 124 Å². The largest absolute Gasteiger partial charge is 0.477 e. The molecule has 9 nitrogen and oxygen atoms in total. The fourth-order valence-corrected chi connectivity index (χ4v) is 5.10. The molecule has 0 radical (unpaired) electrons. The van der Waals surface area contributed by atoms with Crippen molar-refractivity contribution in [2.45, 2.75) is 13.8 Å². The van der Waals surface area contributed by atoms with E-state index >= 15 is 0 Å². The molecule has 0 bridgehead atoms. The van der Waals surface area contributed by atoms with E-state index in [0.29, 0.717) is 50.7 Å². The van der Waals surface area contributed by atoms with Crippen LogP contribution in [0.2, 0.25) is 0 Å². The number of nitriles is 1. The molecule has 0 amide bonds. The normalized spacial score (nSPS) is 10.9. The minimum absolute atomic E-state index is 0.114. The van der Waals surface area contributed by atoms with Crippen LogP contribution < -0.4 is 9.47 Å². The molecule has 10 heteroatoms. The standard InChI is InChI=1S/C26H19N5O4S/c1-3-34-24-17(14-27)19(15-10-6-5-7-11-15)20-21-22(36-26(20)30-24)25(35-4-2)29-23(28-21)16-12-8-9-13-18(16)31(32)33/h5-13H,3-4H2,1-2H3. The van der Waals surface area contributed by atoms with Crippen LogP contribution in [0.5, 0.6) is 11.8 Å². The van der Waals surface area contributed by atoms with Gasteiger partial charge in [0.05, 0.1) is 29.2 Å². The summed E-state index contributed by atoms with van der Waals surface area (Å²) in [7, 11) is 0. The summed E-state index contributed by atoms with van der Waals surface area (Å²) in [5, 5.41) is 22.5. The predicted molar refractivity (Wildman–Crippen MR) is 137 cm³/mol. The fourth-order valence-electron chi connectivity index (χ4n) is 4.04. The number of nitrogens with zero attached hydrogens (tertiary/aromatic N) is 5. The highest BCUT2D eigenvalue weighted by Gasteiger charge is 2.26. The number of nitro groups is 1. The lowest BCUT2D eigenvalue weighted by Gasteiger charge is -2.12. The number of rotatable bonds is 7. The van der Waals surface area contributed by atoms with Gasteiger partial charge >= 0.3 is 0 Å². The van der Waals surface area contributed by atoms with E-state index in [0.717, 1.165) is 5.56 Å². The molecule has 0 aliphatic rings. The van der Waals surface area contributed by atoms with Crippen LogP contribution in [-0.2, 0) is 0 Å². The number of thiophene rings is 1. The molecule has 2 aromatic carbocycles. The average molecular weight is 498 g/mol. The molecule has 36 heavy (non-hydrogen) atoms. The lowest BCUT2D eigenvalue weighted by Crippen LogP contribution is -2.01. The number of ether oxygens (including phenoxy) is 2. The van der Waals surface area contributed by atoms with Gasteiger partial charge in [0.15, 0.2) is 5.82 Å². The number of nitro benzene ring substituents is 1. The molecule has 3 aromatic heterocycles. The molecule has 0 unspecified atom stereocenters. The van der Waals surface area contributed by atoms with Crippen LogP contribution in [0.15, 0.2) is 54.6 Å². The van der Waals surface area contributed by atoms with E-state index in [1.165, 1.54) is 17.4 Å². The summed E-state index contributed by atoms with van der Waals surface area (Å²) in [6.45, 7) is 4.35. The van der Waals surface area contributed by atoms with Gasteiger partial charge in [-0.05, 0) is 25.5 Å². The van der Waals surface area contributed by atoms with Crippen molar-refractivity contribution in [3.05, 3.63) is 70.3 Å². The Kier molecular flexibility index (Phi) is 6.14. The van der Waals surface area contributed by atoms with Crippen LogP contribution in [0, 0.1) is 21.4 Å². The number of hydrogen-bond acceptors (Lipinski definition) is 9. The Labute approximate surface area is 209 Å². The summed E-state index contributed by atoms with van der Waals surface area (Å²) < 4.78 is 12.2. The molecule has 0 saturated heterocycles. The maximum absolute atomic E-state index is 11.7. The fraction of sp³-hybridized carbons (Fsp3) is 0.154. The summed E-state index contributed by atoms with van der Waals surface area (Å²) in [6.07, 6.45) is 0. The van der Waals surface area contributed by atoms with Crippen molar-refractivity contribution in [2.24, 2.45) is 0 Å². The maximum atomic E-state index is 11.7. The Balaban J connectivity index is 1.95. The van der Waals surface area contributed by atoms with E-state index in [-0.39, 0.29) is 23.0 Å². The molecule has 0 spiro atoms. The Bertz CT molecular complexity index is 1660.